The Balaban J connectivity index is 2.02. The van der Waals surface area contributed by atoms with Gasteiger partial charge in [-0.1, -0.05) is 19.3 Å². The quantitative estimate of drug-likeness (QED) is 0.819. The van der Waals surface area contributed by atoms with Gasteiger partial charge in [-0.25, -0.2) is 4.98 Å². The minimum absolute atomic E-state index is 0.160. The number of rotatable bonds is 3. The predicted octanol–water partition coefficient (Wildman–Crippen LogP) is 0.887. The Kier molecular flexibility index (Phi) is 3.47. The van der Waals surface area contributed by atoms with Gasteiger partial charge in [0, 0.05) is 26.0 Å². The van der Waals surface area contributed by atoms with E-state index in [0.29, 0.717) is 12.4 Å². The van der Waals surface area contributed by atoms with Crippen LogP contribution in [0.15, 0.2) is 17.2 Å². The Morgan fingerprint density at radius 3 is 2.88 bits per heavy atom. The number of aryl methyl sites for hydroxylation is 1. The molecule has 17 heavy (non-hydrogen) atoms. The maximum Gasteiger partial charge on any atom is 0.293 e. The molecule has 0 atom stereocenters. The van der Waals surface area contributed by atoms with Crippen molar-refractivity contribution in [2.45, 2.75) is 37.7 Å². The fraction of sp³-hybridized carbons (Fsp3) is 0.667. The van der Waals surface area contributed by atoms with E-state index in [1.807, 2.05) is 0 Å². The summed E-state index contributed by atoms with van der Waals surface area (Å²) in [5, 5.41) is 13.3. The fourth-order valence-electron chi connectivity index (χ4n) is 2.25. The molecule has 1 aliphatic carbocycles. The highest BCUT2D eigenvalue weighted by atomic mass is 16.3. The zero-order valence-corrected chi connectivity index (χ0v) is 10.1. The number of aromatic nitrogens is 2. The fourth-order valence-corrected chi connectivity index (χ4v) is 2.25. The largest absolute Gasteiger partial charge is 0.388 e. The highest BCUT2D eigenvalue weighted by Gasteiger charge is 2.29. The van der Waals surface area contributed by atoms with Crippen LogP contribution in [0, 0.1) is 0 Å². The number of aliphatic hydroxyl groups is 1. The molecule has 5 heteroatoms. The number of hydrogen-bond acceptors (Lipinski definition) is 4. The number of hydrogen-bond donors (Lipinski definition) is 2. The summed E-state index contributed by atoms with van der Waals surface area (Å²) < 4.78 is 1.47. The van der Waals surface area contributed by atoms with Crippen molar-refractivity contribution in [2.24, 2.45) is 7.05 Å². The van der Waals surface area contributed by atoms with Gasteiger partial charge in [0.05, 0.1) is 5.60 Å². The number of anilines is 1. The molecule has 0 bridgehead atoms. The van der Waals surface area contributed by atoms with Crippen LogP contribution in [0.4, 0.5) is 5.82 Å². The predicted molar refractivity (Wildman–Crippen MR) is 66.0 cm³/mol. The van der Waals surface area contributed by atoms with E-state index in [1.165, 1.54) is 11.0 Å². The molecular weight excluding hydrogens is 218 g/mol. The van der Waals surface area contributed by atoms with Crippen LogP contribution in [0.5, 0.6) is 0 Å². The van der Waals surface area contributed by atoms with Gasteiger partial charge in [0.25, 0.3) is 5.56 Å². The highest BCUT2D eigenvalue weighted by molar-refractivity contribution is 5.31. The van der Waals surface area contributed by atoms with Crippen LogP contribution in [0.3, 0.4) is 0 Å². The zero-order valence-electron chi connectivity index (χ0n) is 10.1. The summed E-state index contributed by atoms with van der Waals surface area (Å²) >= 11 is 0. The Hall–Kier alpha value is -1.36. The van der Waals surface area contributed by atoms with Crippen LogP contribution >= 0.6 is 0 Å². The molecule has 1 fully saturated rings. The molecule has 0 aliphatic heterocycles. The first-order chi connectivity index (χ1) is 8.11. The average molecular weight is 237 g/mol. The molecule has 0 amide bonds. The summed E-state index contributed by atoms with van der Waals surface area (Å²) in [6.45, 7) is 0.402. The van der Waals surface area contributed by atoms with E-state index in [1.54, 1.807) is 19.4 Å². The first kappa shape index (κ1) is 12.1. The van der Waals surface area contributed by atoms with Crippen molar-refractivity contribution in [3.8, 4) is 0 Å². The molecule has 0 aromatic carbocycles. The molecule has 1 aromatic heterocycles. The Morgan fingerprint density at radius 1 is 1.47 bits per heavy atom. The molecule has 1 aliphatic rings. The molecule has 1 aromatic rings. The standard InChI is InChI=1S/C12H19N3O2/c1-15-8-7-13-10(11(15)16)14-9-12(17)5-3-2-4-6-12/h7-8,17H,2-6,9H2,1H3,(H,13,14). The molecular formula is C12H19N3O2. The molecule has 2 N–H and O–H groups in total. The van der Waals surface area contributed by atoms with E-state index in [-0.39, 0.29) is 5.56 Å². The van der Waals surface area contributed by atoms with Crippen LogP contribution in [0.25, 0.3) is 0 Å². The van der Waals surface area contributed by atoms with E-state index in [0.717, 1.165) is 25.7 Å². The SMILES string of the molecule is Cn1ccnc(NCC2(O)CCCCC2)c1=O. The Morgan fingerprint density at radius 2 is 2.18 bits per heavy atom. The topological polar surface area (TPSA) is 67.2 Å². The second-order valence-electron chi connectivity index (χ2n) is 4.83. The lowest BCUT2D eigenvalue weighted by Gasteiger charge is -2.32. The van der Waals surface area contributed by atoms with E-state index < -0.39 is 5.60 Å². The second kappa shape index (κ2) is 4.87. The van der Waals surface area contributed by atoms with Crippen LogP contribution in [-0.2, 0) is 7.05 Å². The minimum Gasteiger partial charge on any atom is -0.388 e. The molecule has 1 saturated carbocycles. The molecule has 94 valence electrons. The van der Waals surface area contributed by atoms with E-state index in [4.69, 9.17) is 0 Å². The van der Waals surface area contributed by atoms with Crippen molar-refractivity contribution in [2.75, 3.05) is 11.9 Å². The van der Waals surface area contributed by atoms with Gasteiger partial charge < -0.3 is 15.0 Å². The molecule has 2 rings (SSSR count). The van der Waals surface area contributed by atoms with E-state index in [2.05, 4.69) is 10.3 Å². The molecule has 5 nitrogen and oxygen atoms in total. The lowest BCUT2D eigenvalue weighted by molar-refractivity contribution is 0.0166. The third kappa shape index (κ3) is 2.85. The summed E-state index contributed by atoms with van der Waals surface area (Å²) in [6, 6.07) is 0. The molecule has 0 unspecified atom stereocenters. The van der Waals surface area contributed by atoms with Gasteiger partial charge in [-0.2, -0.15) is 0 Å². The van der Waals surface area contributed by atoms with Gasteiger partial charge in [-0.05, 0) is 12.8 Å². The van der Waals surface area contributed by atoms with Gasteiger partial charge in [-0.15, -0.1) is 0 Å². The number of nitrogens with one attached hydrogen (secondary N) is 1. The molecule has 0 saturated heterocycles. The van der Waals surface area contributed by atoms with Crippen molar-refractivity contribution in [1.82, 2.24) is 9.55 Å². The summed E-state index contributed by atoms with van der Waals surface area (Å²) in [6.07, 6.45) is 8.09. The van der Waals surface area contributed by atoms with Crippen LogP contribution < -0.4 is 10.9 Å². The van der Waals surface area contributed by atoms with Gasteiger partial charge in [0.1, 0.15) is 0 Å². The van der Waals surface area contributed by atoms with Gasteiger partial charge >= 0.3 is 0 Å². The van der Waals surface area contributed by atoms with Gasteiger partial charge in [0.15, 0.2) is 5.82 Å². The van der Waals surface area contributed by atoms with Crippen molar-refractivity contribution in [1.29, 1.82) is 0 Å². The van der Waals surface area contributed by atoms with Crippen molar-refractivity contribution in [3.63, 3.8) is 0 Å². The van der Waals surface area contributed by atoms with Crippen molar-refractivity contribution in [3.05, 3.63) is 22.7 Å². The Bertz CT molecular complexity index is 436. The first-order valence-corrected chi connectivity index (χ1v) is 6.09. The lowest BCUT2D eigenvalue weighted by Crippen LogP contribution is -2.40. The van der Waals surface area contributed by atoms with Gasteiger partial charge in [0.2, 0.25) is 0 Å². The highest BCUT2D eigenvalue weighted by Crippen LogP contribution is 2.27. The lowest BCUT2D eigenvalue weighted by atomic mass is 9.85. The normalized spacial score (nSPS) is 18.9. The summed E-state index contributed by atoms with van der Waals surface area (Å²) in [4.78, 5) is 15.7. The number of nitrogens with zero attached hydrogens (tertiary/aromatic N) is 2. The Labute approximate surface area is 100 Å². The molecule has 0 radical (unpaired) electrons. The minimum atomic E-state index is -0.680. The third-order valence-corrected chi connectivity index (χ3v) is 3.39. The van der Waals surface area contributed by atoms with Crippen LogP contribution in [-0.4, -0.2) is 26.8 Å². The smallest absolute Gasteiger partial charge is 0.293 e. The van der Waals surface area contributed by atoms with Crippen molar-refractivity contribution < 1.29 is 5.11 Å². The third-order valence-electron chi connectivity index (χ3n) is 3.39. The summed E-state index contributed by atoms with van der Waals surface area (Å²) in [5.74, 6) is 0.314. The zero-order chi connectivity index (χ0) is 12.3. The van der Waals surface area contributed by atoms with E-state index >= 15 is 0 Å². The average Bonchev–Trinajstić information content (AvgIpc) is 2.32. The first-order valence-electron chi connectivity index (χ1n) is 6.09. The summed E-state index contributed by atoms with van der Waals surface area (Å²) in [7, 11) is 1.69. The van der Waals surface area contributed by atoms with Crippen LogP contribution in [0.1, 0.15) is 32.1 Å². The van der Waals surface area contributed by atoms with E-state index in [9.17, 15) is 9.90 Å². The molecule has 1 heterocycles. The maximum absolute atomic E-state index is 11.7. The summed E-state index contributed by atoms with van der Waals surface area (Å²) in [5.41, 5.74) is -0.840. The maximum atomic E-state index is 11.7. The molecule has 0 spiro atoms. The van der Waals surface area contributed by atoms with Gasteiger partial charge in [-0.3, -0.25) is 4.79 Å². The van der Waals surface area contributed by atoms with Crippen molar-refractivity contribution >= 4 is 5.82 Å². The monoisotopic (exact) mass is 237 g/mol. The second-order valence-corrected chi connectivity index (χ2v) is 4.83. The van der Waals surface area contributed by atoms with Crippen LogP contribution in [0.2, 0.25) is 0 Å².